The number of hydrogen-bond donors (Lipinski definition) is 0. The number of methoxy groups -OCH3 is 4. The standard InChI is InChI=1S/C20H20BrNO4.ClH/c1-23-17-8-12-5-6-22-16(14(12)10-19(17)25-3)7-13-9-18(24-2)20(26-4)11-15(13)21;/h5-6,8-11H,7H2,1-4H3;1H. The van der Waals surface area contributed by atoms with Crippen LogP contribution in [0.25, 0.3) is 10.8 Å². The second-order valence-corrected chi connectivity index (χ2v) is 6.58. The van der Waals surface area contributed by atoms with Crippen LogP contribution < -0.4 is 36.3 Å². The number of nitrogens with one attached hydrogen (secondary N) is 1. The molecule has 0 fully saturated rings. The third kappa shape index (κ3) is 4.22. The fourth-order valence-corrected chi connectivity index (χ4v) is 3.43. The molecule has 0 bridgehead atoms. The summed E-state index contributed by atoms with van der Waals surface area (Å²) in [5.74, 6) is 2.80. The topological polar surface area (TPSA) is 51.1 Å². The lowest BCUT2D eigenvalue weighted by molar-refractivity contribution is -0.387. The number of rotatable bonds is 6. The number of pyridine rings is 1. The van der Waals surface area contributed by atoms with E-state index >= 15 is 0 Å². The van der Waals surface area contributed by atoms with Crippen molar-refractivity contribution in [2.24, 2.45) is 0 Å². The smallest absolute Gasteiger partial charge is 0.192 e. The first-order valence-corrected chi connectivity index (χ1v) is 8.86. The Morgan fingerprint density at radius 1 is 0.815 bits per heavy atom. The largest absolute Gasteiger partial charge is 1.00 e. The van der Waals surface area contributed by atoms with E-state index in [1.807, 2.05) is 36.5 Å². The first kappa shape index (κ1) is 21.1. The van der Waals surface area contributed by atoms with Crippen LogP contribution in [0.15, 0.2) is 41.0 Å². The van der Waals surface area contributed by atoms with Crippen molar-refractivity contribution in [3.8, 4) is 23.0 Å². The third-order valence-corrected chi connectivity index (χ3v) is 5.06. The molecule has 0 radical (unpaired) electrons. The predicted molar refractivity (Wildman–Crippen MR) is 104 cm³/mol. The molecule has 7 heteroatoms. The van der Waals surface area contributed by atoms with Crippen LogP contribution in [0, 0.1) is 0 Å². The highest BCUT2D eigenvalue weighted by Gasteiger charge is 2.17. The number of halogens is 2. The Bertz CT molecular complexity index is 949. The van der Waals surface area contributed by atoms with Crippen LogP contribution in [0.1, 0.15) is 11.3 Å². The molecule has 3 aromatic rings. The van der Waals surface area contributed by atoms with Gasteiger partial charge in [-0.2, -0.15) is 0 Å². The van der Waals surface area contributed by atoms with E-state index in [4.69, 9.17) is 18.9 Å². The lowest BCUT2D eigenvalue weighted by Crippen LogP contribution is -3.00. The molecular weight excluding hydrogens is 434 g/mol. The molecule has 0 aliphatic carbocycles. The van der Waals surface area contributed by atoms with Crippen LogP contribution in [0.5, 0.6) is 23.0 Å². The molecule has 0 amide bonds. The fraction of sp³-hybridized carbons (Fsp3) is 0.250. The minimum atomic E-state index is 0. The Morgan fingerprint density at radius 2 is 1.37 bits per heavy atom. The number of aromatic amines is 1. The number of hydrogen-bond acceptors (Lipinski definition) is 4. The van der Waals surface area contributed by atoms with Gasteiger partial charge in [-0.1, -0.05) is 15.9 Å². The van der Waals surface area contributed by atoms with E-state index in [1.54, 1.807) is 28.4 Å². The first-order valence-electron chi connectivity index (χ1n) is 8.07. The van der Waals surface area contributed by atoms with Gasteiger partial charge in [0.05, 0.1) is 40.2 Å². The van der Waals surface area contributed by atoms with E-state index in [2.05, 4.69) is 20.9 Å². The summed E-state index contributed by atoms with van der Waals surface area (Å²) in [7, 11) is 6.54. The van der Waals surface area contributed by atoms with Crippen LogP contribution >= 0.6 is 15.9 Å². The van der Waals surface area contributed by atoms with Gasteiger partial charge in [-0.25, -0.2) is 4.98 Å². The molecule has 0 atom stereocenters. The number of ether oxygens (including phenoxy) is 4. The van der Waals surface area contributed by atoms with Crippen molar-refractivity contribution in [1.29, 1.82) is 0 Å². The van der Waals surface area contributed by atoms with Crippen LogP contribution in [-0.2, 0) is 6.42 Å². The highest BCUT2D eigenvalue weighted by atomic mass is 79.9. The highest BCUT2D eigenvalue weighted by molar-refractivity contribution is 9.10. The summed E-state index contributed by atoms with van der Waals surface area (Å²) in [5, 5.41) is 2.15. The average molecular weight is 455 g/mol. The van der Waals surface area contributed by atoms with Gasteiger partial charge in [0.15, 0.2) is 34.9 Å². The number of aromatic nitrogens is 1. The van der Waals surface area contributed by atoms with Crippen LogP contribution in [0.4, 0.5) is 0 Å². The maximum absolute atomic E-state index is 5.46. The maximum atomic E-state index is 5.46. The molecule has 0 saturated heterocycles. The van der Waals surface area contributed by atoms with Gasteiger partial charge >= 0.3 is 0 Å². The van der Waals surface area contributed by atoms with E-state index in [0.717, 1.165) is 26.5 Å². The van der Waals surface area contributed by atoms with Gasteiger partial charge in [0.2, 0.25) is 0 Å². The quantitative estimate of drug-likeness (QED) is 0.559. The first-order chi connectivity index (χ1) is 12.6. The second-order valence-electron chi connectivity index (χ2n) is 5.73. The molecule has 5 nitrogen and oxygen atoms in total. The molecule has 27 heavy (non-hydrogen) atoms. The number of fused-ring (bicyclic) bond motifs is 1. The van der Waals surface area contributed by atoms with Crippen LogP contribution in [0.2, 0.25) is 0 Å². The van der Waals surface area contributed by atoms with E-state index in [9.17, 15) is 0 Å². The van der Waals surface area contributed by atoms with E-state index in [0.29, 0.717) is 29.4 Å². The summed E-state index contributed by atoms with van der Waals surface area (Å²) in [4.78, 5) is 3.35. The zero-order valence-electron chi connectivity index (χ0n) is 15.6. The van der Waals surface area contributed by atoms with Crippen molar-refractivity contribution in [2.45, 2.75) is 6.42 Å². The summed E-state index contributed by atoms with van der Waals surface area (Å²) in [6.07, 6.45) is 2.62. The Morgan fingerprint density at radius 3 is 2.00 bits per heavy atom. The van der Waals surface area contributed by atoms with Gasteiger partial charge in [0.1, 0.15) is 0 Å². The van der Waals surface area contributed by atoms with Gasteiger partial charge < -0.3 is 31.4 Å². The average Bonchev–Trinajstić information content (AvgIpc) is 2.68. The van der Waals surface area contributed by atoms with Crippen LogP contribution in [-0.4, -0.2) is 28.4 Å². The normalized spacial score (nSPS) is 10.3. The molecule has 1 aromatic heterocycles. The monoisotopic (exact) mass is 453 g/mol. The van der Waals surface area contributed by atoms with Gasteiger partial charge in [-0.15, -0.1) is 0 Å². The van der Waals surface area contributed by atoms with Gasteiger partial charge in [0, 0.05) is 10.5 Å². The summed E-state index contributed by atoms with van der Waals surface area (Å²) in [5.41, 5.74) is 2.15. The minimum absolute atomic E-state index is 0. The van der Waals surface area contributed by atoms with Gasteiger partial charge in [0.25, 0.3) is 0 Å². The van der Waals surface area contributed by atoms with Crippen molar-refractivity contribution in [2.75, 3.05) is 28.4 Å². The summed E-state index contributed by atoms with van der Waals surface area (Å²) < 4.78 is 22.6. The Balaban J connectivity index is 0.00000261. The fourth-order valence-electron chi connectivity index (χ4n) is 2.97. The molecule has 0 saturated carbocycles. The van der Waals surface area contributed by atoms with E-state index < -0.39 is 0 Å². The zero-order valence-corrected chi connectivity index (χ0v) is 17.9. The maximum Gasteiger partial charge on any atom is 0.192 e. The molecular formula is C20H21BrClNO4. The second kappa shape index (κ2) is 9.15. The predicted octanol–water partition coefficient (Wildman–Crippen LogP) is 1.05. The lowest BCUT2D eigenvalue weighted by Gasteiger charge is -2.12. The molecule has 144 valence electrons. The number of benzene rings is 2. The highest BCUT2D eigenvalue weighted by Crippen LogP contribution is 2.36. The summed E-state index contributed by atoms with van der Waals surface area (Å²) in [6, 6.07) is 9.90. The Kier molecular flexibility index (Phi) is 7.16. The van der Waals surface area contributed by atoms with Crippen molar-refractivity contribution in [3.05, 3.63) is 52.3 Å². The summed E-state index contributed by atoms with van der Waals surface area (Å²) in [6.45, 7) is 0. The third-order valence-electron chi connectivity index (χ3n) is 4.32. The van der Waals surface area contributed by atoms with Crippen LogP contribution in [0.3, 0.4) is 0 Å². The molecule has 1 N–H and O–H groups in total. The van der Waals surface area contributed by atoms with Crippen molar-refractivity contribution >= 4 is 26.7 Å². The van der Waals surface area contributed by atoms with E-state index in [-0.39, 0.29) is 12.4 Å². The van der Waals surface area contributed by atoms with Crippen molar-refractivity contribution in [1.82, 2.24) is 0 Å². The molecule has 0 aliphatic heterocycles. The minimum Gasteiger partial charge on any atom is -1.00 e. The molecule has 3 rings (SSSR count). The molecule has 2 aromatic carbocycles. The zero-order chi connectivity index (χ0) is 18.7. The molecule has 0 unspecified atom stereocenters. The van der Waals surface area contributed by atoms with Gasteiger partial charge in [-0.05, 0) is 35.2 Å². The van der Waals surface area contributed by atoms with Gasteiger partial charge in [-0.3, -0.25) is 0 Å². The molecule has 1 heterocycles. The Hall–Kier alpha value is -2.18. The van der Waals surface area contributed by atoms with Crippen molar-refractivity contribution < 1.29 is 36.3 Å². The SMILES string of the molecule is COc1cc(Br)c(Cc2[nH+]ccc3cc(OC)c(OC)cc23)cc1OC.[Cl-]. The van der Waals surface area contributed by atoms with Crippen molar-refractivity contribution in [3.63, 3.8) is 0 Å². The Labute approximate surface area is 173 Å². The molecule has 0 spiro atoms. The number of H-pyrrole nitrogens is 1. The molecule has 0 aliphatic rings. The van der Waals surface area contributed by atoms with E-state index in [1.165, 1.54) is 0 Å². The lowest BCUT2D eigenvalue weighted by atomic mass is 10.0. The summed E-state index contributed by atoms with van der Waals surface area (Å²) >= 11 is 3.63.